The molecule has 0 aliphatic heterocycles. The Hall–Kier alpha value is -0.770. The van der Waals surface area contributed by atoms with Crippen molar-refractivity contribution >= 4 is 29.1 Å². The molecule has 3 nitrogen and oxygen atoms in total. The highest BCUT2D eigenvalue weighted by atomic mass is 35.5. The largest absolute Gasteiger partial charge is 0.395 e. The molecule has 0 aliphatic rings. The van der Waals surface area contributed by atoms with Gasteiger partial charge in [0.25, 0.3) is 5.91 Å². The lowest BCUT2D eigenvalue weighted by Crippen LogP contribution is -2.41. The van der Waals surface area contributed by atoms with Crippen molar-refractivity contribution in [1.82, 2.24) is 4.90 Å². The van der Waals surface area contributed by atoms with Gasteiger partial charge in [-0.2, -0.15) is 0 Å². The zero-order valence-electron chi connectivity index (χ0n) is 11.2. The van der Waals surface area contributed by atoms with Gasteiger partial charge >= 0.3 is 0 Å². The van der Waals surface area contributed by atoms with Crippen molar-refractivity contribution in [3.8, 4) is 0 Å². The molecule has 5 heteroatoms. The second kappa shape index (κ2) is 7.73. The summed E-state index contributed by atoms with van der Waals surface area (Å²) in [4.78, 5) is 14.2. The predicted octanol–water partition coefficient (Wildman–Crippen LogP) is 3.62. The van der Waals surface area contributed by atoms with Gasteiger partial charge in [0.1, 0.15) is 0 Å². The smallest absolute Gasteiger partial charge is 0.254 e. The summed E-state index contributed by atoms with van der Waals surface area (Å²) in [5.74, 6) is -0.146. The third-order valence-corrected chi connectivity index (χ3v) is 3.53. The number of rotatable bonds is 6. The van der Waals surface area contributed by atoms with Crippen LogP contribution in [-0.2, 0) is 0 Å². The fourth-order valence-electron chi connectivity index (χ4n) is 2.13. The molecule has 1 rings (SSSR count). The molecule has 0 saturated heterocycles. The fraction of sp³-hybridized carbons (Fsp3) is 0.500. The Morgan fingerprint density at radius 1 is 1.21 bits per heavy atom. The molecule has 0 bridgehead atoms. The van der Waals surface area contributed by atoms with Gasteiger partial charge in [-0.05, 0) is 31.0 Å². The van der Waals surface area contributed by atoms with Gasteiger partial charge in [-0.1, -0.05) is 37.0 Å². The van der Waals surface area contributed by atoms with E-state index in [-0.39, 0.29) is 18.6 Å². The number of aliphatic hydroxyl groups excluding tert-OH is 1. The van der Waals surface area contributed by atoms with Crippen molar-refractivity contribution in [2.45, 2.75) is 32.7 Å². The molecule has 0 heterocycles. The molecule has 1 amide bonds. The van der Waals surface area contributed by atoms with Gasteiger partial charge in [0.05, 0.1) is 6.61 Å². The molecule has 0 saturated carbocycles. The molecule has 1 aromatic carbocycles. The minimum atomic E-state index is -0.146. The van der Waals surface area contributed by atoms with Crippen LogP contribution in [0.3, 0.4) is 0 Å². The molecule has 0 spiro atoms. The van der Waals surface area contributed by atoms with Gasteiger partial charge in [-0.25, -0.2) is 0 Å². The quantitative estimate of drug-likeness (QED) is 0.872. The van der Waals surface area contributed by atoms with Crippen molar-refractivity contribution in [3.05, 3.63) is 33.8 Å². The van der Waals surface area contributed by atoms with Gasteiger partial charge in [0, 0.05) is 28.2 Å². The normalized spacial score (nSPS) is 10.8. The molecule has 106 valence electrons. The van der Waals surface area contributed by atoms with Crippen LogP contribution >= 0.6 is 23.2 Å². The Morgan fingerprint density at radius 2 is 1.74 bits per heavy atom. The van der Waals surface area contributed by atoms with Crippen LogP contribution < -0.4 is 0 Å². The second-order valence-electron chi connectivity index (χ2n) is 4.35. The minimum Gasteiger partial charge on any atom is -0.395 e. The summed E-state index contributed by atoms with van der Waals surface area (Å²) >= 11 is 11.8. The Kier molecular flexibility index (Phi) is 6.63. The third kappa shape index (κ3) is 4.37. The maximum Gasteiger partial charge on any atom is 0.254 e. The molecular weight excluding hydrogens is 285 g/mol. The van der Waals surface area contributed by atoms with E-state index in [4.69, 9.17) is 28.3 Å². The summed E-state index contributed by atoms with van der Waals surface area (Å²) in [7, 11) is 0. The van der Waals surface area contributed by atoms with Crippen molar-refractivity contribution in [3.63, 3.8) is 0 Å². The summed E-state index contributed by atoms with van der Waals surface area (Å²) < 4.78 is 0. The number of amides is 1. The van der Waals surface area contributed by atoms with Crippen LogP contribution in [0.5, 0.6) is 0 Å². The summed E-state index contributed by atoms with van der Waals surface area (Å²) in [5, 5.41) is 10.0. The first kappa shape index (κ1) is 16.3. The Morgan fingerprint density at radius 3 is 2.16 bits per heavy atom. The van der Waals surface area contributed by atoms with Gasteiger partial charge in [0.2, 0.25) is 0 Å². The highest BCUT2D eigenvalue weighted by molar-refractivity contribution is 6.35. The van der Waals surface area contributed by atoms with E-state index in [2.05, 4.69) is 0 Å². The van der Waals surface area contributed by atoms with E-state index in [9.17, 15) is 4.79 Å². The van der Waals surface area contributed by atoms with E-state index in [1.165, 1.54) is 0 Å². The summed E-state index contributed by atoms with van der Waals surface area (Å²) in [6.07, 6.45) is 1.69. The van der Waals surface area contributed by atoms with E-state index in [1.54, 1.807) is 23.1 Å². The summed E-state index contributed by atoms with van der Waals surface area (Å²) in [6, 6.07) is 4.90. The van der Waals surface area contributed by atoms with Crippen LogP contribution in [0, 0.1) is 0 Å². The molecule has 0 aromatic heterocycles. The summed E-state index contributed by atoms with van der Waals surface area (Å²) in [6.45, 7) is 4.30. The average Bonchev–Trinajstić information content (AvgIpc) is 2.37. The summed E-state index contributed by atoms with van der Waals surface area (Å²) in [5.41, 5.74) is 0.456. The number of carbonyl (C=O) groups excluding carboxylic acids is 1. The highest BCUT2D eigenvalue weighted by Crippen LogP contribution is 2.21. The van der Waals surface area contributed by atoms with Gasteiger partial charge in [0.15, 0.2) is 0 Å². The van der Waals surface area contributed by atoms with E-state index >= 15 is 0 Å². The molecule has 1 N–H and O–H groups in total. The third-order valence-electron chi connectivity index (χ3n) is 3.09. The lowest BCUT2D eigenvalue weighted by molar-refractivity contribution is 0.0622. The molecule has 19 heavy (non-hydrogen) atoms. The Balaban J connectivity index is 3.04. The number of benzene rings is 1. The molecule has 0 unspecified atom stereocenters. The van der Waals surface area contributed by atoms with Crippen molar-refractivity contribution in [2.24, 2.45) is 0 Å². The van der Waals surface area contributed by atoms with Crippen molar-refractivity contribution < 1.29 is 9.90 Å². The van der Waals surface area contributed by atoms with Crippen LogP contribution in [0.1, 0.15) is 37.0 Å². The van der Waals surface area contributed by atoms with Crippen LogP contribution in [0.4, 0.5) is 0 Å². The van der Waals surface area contributed by atoms with Crippen LogP contribution in [0.15, 0.2) is 18.2 Å². The Labute approximate surface area is 124 Å². The van der Waals surface area contributed by atoms with Gasteiger partial charge < -0.3 is 10.0 Å². The second-order valence-corrected chi connectivity index (χ2v) is 5.22. The maximum absolute atomic E-state index is 12.5. The first-order valence-electron chi connectivity index (χ1n) is 6.41. The molecule has 0 fully saturated rings. The van der Waals surface area contributed by atoms with Crippen LogP contribution in [0.2, 0.25) is 10.0 Å². The lowest BCUT2D eigenvalue weighted by atomic mass is 10.1. The number of hydrogen-bond acceptors (Lipinski definition) is 2. The first-order valence-corrected chi connectivity index (χ1v) is 7.17. The predicted molar refractivity (Wildman–Crippen MR) is 79.0 cm³/mol. The number of halogens is 2. The van der Waals surface area contributed by atoms with Crippen LogP contribution in [-0.4, -0.2) is 35.1 Å². The minimum absolute atomic E-state index is 0.0590. The van der Waals surface area contributed by atoms with E-state index in [0.29, 0.717) is 22.2 Å². The monoisotopic (exact) mass is 303 g/mol. The standard InChI is InChI=1S/C14H19Cl2NO2/c1-3-13(4-2)17(5-6-18)14(19)10-7-11(15)9-12(16)8-10/h7-9,13,18H,3-6H2,1-2H3. The molecule has 0 radical (unpaired) electrons. The van der Waals surface area contributed by atoms with Crippen LogP contribution in [0.25, 0.3) is 0 Å². The zero-order chi connectivity index (χ0) is 14.4. The van der Waals surface area contributed by atoms with Crippen molar-refractivity contribution in [1.29, 1.82) is 0 Å². The topological polar surface area (TPSA) is 40.5 Å². The first-order chi connectivity index (χ1) is 9.03. The molecule has 0 atom stereocenters. The van der Waals surface area contributed by atoms with E-state index < -0.39 is 0 Å². The maximum atomic E-state index is 12.5. The van der Waals surface area contributed by atoms with Gasteiger partial charge in [-0.3, -0.25) is 4.79 Å². The molecular formula is C14H19Cl2NO2. The number of aliphatic hydroxyl groups is 1. The van der Waals surface area contributed by atoms with E-state index in [0.717, 1.165) is 12.8 Å². The zero-order valence-corrected chi connectivity index (χ0v) is 12.7. The molecule has 1 aromatic rings. The fourth-order valence-corrected chi connectivity index (χ4v) is 2.66. The molecule has 0 aliphatic carbocycles. The average molecular weight is 304 g/mol. The highest BCUT2D eigenvalue weighted by Gasteiger charge is 2.22. The number of hydrogen-bond donors (Lipinski definition) is 1. The van der Waals surface area contributed by atoms with Gasteiger partial charge in [-0.15, -0.1) is 0 Å². The SMILES string of the molecule is CCC(CC)N(CCO)C(=O)c1cc(Cl)cc(Cl)c1. The lowest BCUT2D eigenvalue weighted by Gasteiger charge is -2.30. The van der Waals surface area contributed by atoms with Crippen molar-refractivity contribution in [2.75, 3.05) is 13.2 Å². The Bertz CT molecular complexity index is 413. The number of nitrogens with zero attached hydrogens (tertiary/aromatic N) is 1. The van der Waals surface area contributed by atoms with E-state index in [1.807, 2.05) is 13.8 Å². The number of carbonyl (C=O) groups is 1.